The summed E-state index contributed by atoms with van der Waals surface area (Å²) in [5.41, 5.74) is 3.98. The zero-order valence-electron chi connectivity index (χ0n) is 26.4. The Kier molecular flexibility index (Phi) is 21.3. The molecule has 0 saturated heterocycles. The van der Waals surface area contributed by atoms with Gasteiger partial charge in [-0.1, -0.05) is 78.8 Å². The Balaban J connectivity index is -0.000000622. The van der Waals surface area contributed by atoms with Gasteiger partial charge in [-0.05, 0) is 81.4 Å². The van der Waals surface area contributed by atoms with Crippen LogP contribution in [0.1, 0.15) is 102 Å². The van der Waals surface area contributed by atoms with Crippen molar-refractivity contribution in [3.05, 3.63) is 77.4 Å². The SMILES string of the molecule is C=C.CC.CCC(CC)(c1ccc(C=O)c(C)c1)c1ccc(OCC(C)(O)C(C)(C)C)c(C)c1.CNC.[HH].[Y]. The van der Waals surface area contributed by atoms with Crippen LogP contribution in [0, 0.1) is 19.3 Å². The van der Waals surface area contributed by atoms with Gasteiger partial charge >= 0.3 is 0 Å². The summed E-state index contributed by atoms with van der Waals surface area (Å²) in [5, 5.41) is 13.5. The molecule has 0 aliphatic carbocycles. The van der Waals surface area contributed by atoms with Gasteiger partial charge in [-0.15, -0.1) is 13.2 Å². The van der Waals surface area contributed by atoms with E-state index in [0.29, 0.717) is 0 Å². The van der Waals surface area contributed by atoms with Crippen LogP contribution in [0.25, 0.3) is 0 Å². The molecule has 0 heterocycles. The molecule has 2 rings (SSSR count). The number of ether oxygens (including phenoxy) is 1. The second-order valence-electron chi connectivity index (χ2n) is 10.3. The standard InChI is InChI=1S/C27H38O3.C2H7N.C2H6.C2H4.Y.H2/c1-9-27(10-2,22-12-11-21(17-28)19(3)15-22)23-13-14-24(20(4)16-23)30-18-26(8,29)25(5,6)7;1-3-2;2*1-2;;/h11-17,29H,9-10,18H2,1-8H3;3H,1-2H3;1-2H3;1-2H2;;1H. The van der Waals surface area contributed by atoms with E-state index in [1.807, 2.05) is 74.7 Å². The Bertz CT molecular complexity index is 935. The molecule has 0 saturated carbocycles. The summed E-state index contributed by atoms with van der Waals surface area (Å²) in [4.78, 5) is 11.2. The Morgan fingerprint density at radius 1 is 0.921 bits per heavy atom. The van der Waals surface area contributed by atoms with Crippen molar-refractivity contribution in [1.29, 1.82) is 0 Å². The van der Waals surface area contributed by atoms with E-state index >= 15 is 0 Å². The molecule has 0 spiro atoms. The van der Waals surface area contributed by atoms with Gasteiger partial charge in [-0.3, -0.25) is 4.79 Å². The fourth-order valence-electron chi connectivity index (χ4n) is 3.88. The van der Waals surface area contributed by atoms with E-state index in [2.05, 4.69) is 63.5 Å². The molecule has 0 bridgehead atoms. The molecule has 4 nitrogen and oxygen atoms in total. The molecule has 1 unspecified atom stereocenters. The van der Waals surface area contributed by atoms with Gasteiger partial charge in [-0.25, -0.2) is 0 Å². The van der Waals surface area contributed by atoms with Crippen LogP contribution in [0.5, 0.6) is 5.75 Å². The van der Waals surface area contributed by atoms with E-state index < -0.39 is 5.60 Å². The molecule has 38 heavy (non-hydrogen) atoms. The van der Waals surface area contributed by atoms with Crippen molar-refractivity contribution in [2.45, 2.75) is 93.1 Å². The van der Waals surface area contributed by atoms with E-state index in [-0.39, 0.29) is 51.6 Å². The van der Waals surface area contributed by atoms with Crippen molar-refractivity contribution >= 4 is 6.29 Å². The average Bonchev–Trinajstić information content (AvgIpc) is 2.87. The number of hydrogen-bond donors (Lipinski definition) is 2. The van der Waals surface area contributed by atoms with Crippen LogP contribution in [-0.2, 0) is 38.1 Å². The summed E-state index contributed by atoms with van der Waals surface area (Å²) in [7, 11) is 3.75. The smallest absolute Gasteiger partial charge is 0.150 e. The van der Waals surface area contributed by atoms with Crippen LogP contribution in [0.4, 0.5) is 0 Å². The number of carbonyl (C=O) groups is 1. The summed E-state index contributed by atoms with van der Waals surface area (Å²) < 4.78 is 6.03. The third-order valence-corrected chi connectivity index (χ3v) is 7.01. The minimum atomic E-state index is -0.924. The summed E-state index contributed by atoms with van der Waals surface area (Å²) >= 11 is 0. The summed E-state index contributed by atoms with van der Waals surface area (Å²) in [6.07, 6.45) is 2.84. The van der Waals surface area contributed by atoms with Crippen LogP contribution in [0.2, 0.25) is 0 Å². The van der Waals surface area contributed by atoms with Crippen LogP contribution in [-0.4, -0.2) is 37.7 Å². The first kappa shape index (κ1) is 41.2. The fourth-order valence-corrected chi connectivity index (χ4v) is 3.88. The predicted molar refractivity (Wildman–Crippen MR) is 164 cm³/mol. The van der Waals surface area contributed by atoms with Crippen LogP contribution < -0.4 is 10.1 Å². The molecule has 1 radical (unpaired) electrons. The van der Waals surface area contributed by atoms with Crippen molar-refractivity contribution < 1.29 is 48.8 Å². The maximum absolute atomic E-state index is 11.2. The molecule has 0 fully saturated rings. The minimum absolute atomic E-state index is 0. The zero-order chi connectivity index (χ0) is 29.4. The Morgan fingerprint density at radius 3 is 1.68 bits per heavy atom. The number of rotatable bonds is 8. The normalized spacial score (nSPS) is 12.0. The average molecular weight is 605 g/mol. The van der Waals surface area contributed by atoms with E-state index in [9.17, 15) is 9.90 Å². The predicted octanol–water partition coefficient (Wildman–Crippen LogP) is 8.31. The molecule has 2 aromatic rings. The molecule has 1 atom stereocenters. The van der Waals surface area contributed by atoms with E-state index in [4.69, 9.17) is 4.74 Å². The number of aliphatic hydroxyl groups is 1. The second-order valence-corrected chi connectivity index (χ2v) is 10.3. The van der Waals surface area contributed by atoms with Gasteiger partial charge in [0.1, 0.15) is 24.2 Å². The van der Waals surface area contributed by atoms with Gasteiger partial charge in [0.05, 0.1) is 0 Å². The summed E-state index contributed by atoms with van der Waals surface area (Å²) in [6, 6.07) is 12.5. The van der Waals surface area contributed by atoms with Crippen LogP contribution in [0.3, 0.4) is 0 Å². The number of aryl methyl sites for hydroxylation is 2. The molecule has 0 aromatic heterocycles. The number of benzene rings is 2. The third-order valence-electron chi connectivity index (χ3n) is 7.01. The Morgan fingerprint density at radius 2 is 1.34 bits per heavy atom. The van der Waals surface area contributed by atoms with E-state index in [0.717, 1.165) is 41.6 Å². The van der Waals surface area contributed by atoms with Gasteiger partial charge in [0.15, 0.2) is 0 Å². The summed E-state index contributed by atoms with van der Waals surface area (Å²) in [6.45, 7) is 26.6. The maximum Gasteiger partial charge on any atom is 0.150 e. The molecule has 5 heteroatoms. The van der Waals surface area contributed by atoms with Crippen molar-refractivity contribution in [1.82, 2.24) is 5.32 Å². The number of nitrogens with one attached hydrogen (secondary N) is 1. The molecular formula is C33H57NO3Y. The quantitative estimate of drug-likeness (QED) is 0.235. The second kappa shape index (κ2) is 19.7. The molecule has 0 aliphatic rings. The number of carbonyl (C=O) groups excluding carboxylic acids is 1. The third kappa shape index (κ3) is 11.0. The molecule has 0 amide bonds. The fraction of sp³-hybridized carbons (Fsp3) is 0.545. The molecular weight excluding hydrogens is 547 g/mol. The van der Waals surface area contributed by atoms with Crippen molar-refractivity contribution in [3.63, 3.8) is 0 Å². The maximum atomic E-state index is 11.2. The Labute approximate surface area is 261 Å². The monoisotopic (exact) mass is 604 g/mol. The molecule has 2 aromatic carbocycles. The number of hydrogen-bond acceptors (Lipinski definition) is 4. The first-order valence-corrected chi connectivity index (χ1v) is 13.4. The Hall–Kier alpha value is -1.33. The largest absolute Gasteiger partial charge is 0.490 e. The van der Waals surface area contributed by atoms with Crippen molar-refractivity contribution in [2.24, 2.45) is 5.41 Å². The zero-order valence-corrected chi connectivity index (χ0v) is 29.3. The summed E-state index contributed by atoms with van der Waals surface area (Å²) in [5.74, 6) is 0.803. The van der Waals surface area contributed by atoms with Gasteiger partial charge < -0.3 is 15.2 Å². The topological polar surface area (TPSA) is 58.6 Å². The molecule has 2 N–H and O–H groups in total. The van der Waals surface area contributed by atoms with Gasteiger partial charge in [0, 0.05) is 45.1 Å². The van der Waals surface area contributed by atoms with Gasteiger partial charge in [0.25, 0.3) is 0 Å². The molecule has 0 aliphatic heterocycles. The van der Waals surface area contributed by atoms with Gasteiger partial charge in [0.2, 0.25) is 0 Å². The van der Waals surface area contributed by atoms with Crippen LogP contribution in [0.15, 0.2) is 49.6 Å². The van der Waals surface area contributed by atoms with Crippen molar-refractivity contribution in [2.75, 3.05) is 20.7 Å². The first-order valence-electron chi connectivity index (χ1n) is 13.4. The first-order chi connectivity index (χ1) is 17.3. The molecule has 215 valence electrons. The number of aldehydes is 1. The van der Waals surface area contributed by atoms with Gasteiger partial charge in [-0.2, -0.15) is 0 Å². The van der Waals surface area contributed by atoms with E-state index in [1.165, 1.54) is 11.1 Å². The van der Waals surface area contributed by atoms with E-state index in [1.54, 1.807) is 0 Å². The van der Waals surface area contributed by atoms with Crippen molar-refractivity contribution in [3.8, 4) is 5.75 Å². The van der Waals surface area contributed by atoms with Crippen LogP contribution >= 0.6 is 0 Å². The minimum Gasteiger partial charge on any atom is -0.490 e.